The maximum atomic E-state index is 12.5. The van der Waals surface area contributed by atoms with Crippen LogP contribution in [0.5, 0.6) is 0 Å². The van der Waals surface area contributed by atoms with Crippen LogP contribution < -0.4 is 5.32 Å². The van der Waals surface area contributed by atoms with Crippen molar-refractivity contribution in [2.75, 3.05) is 18.4 Å². The van der Waals surface area contributed by atoms with Crippen molar-refractivity contribution in [2.24, 2.45) is 0 Å². The minimum Gasteiger partial charge on any atom is -0.374 e. The van der Waals surface area contributed by atoms with E-state index in [1.165, 1.54) is 18.4 Å². The molecule has 0 bridgehead atoms. The minimum atomic E-state index is -0.153. The number of likely N-dealkylation sites (tertiary alicyclic amines) is 1. The highest BCUT2D eigenvalue weighted by Gasteiger charge is 2.21. The van der Waals surface area contributed by atoms with Crippen LogP contribution in [-0.4, -0.2) is 29.9 Å². The van der Waals surface area contributed by atoms with Crippen LogP contribution in [0.15, 0.2) is 24.3 Å². The average molecular weight is 274 g/mol. The fraction of sp³-hybridized carbons (Fsp3) is 0.588. The zero-order valence-electron chi connectivity index (χ0n) is 12.7. The topological polar surface area (TPSA) is 32.3 Å². The van der Waals surface area contributed by atoms with Gasteiger partial charge in [-0.2, -0.15) is 0 Å². The van der Waals surface area contributed by atoms with Gasteiger partial charge in [-0.15, -0.1) is 0 Å². The second-order valence-corrected chi connectivity index (χ2v) is 5.66. The number of aryl methyl sites for hydroxylation is 1. The van der Waals surface area contributed by atoms with Gasteiger partial charge in [-0.1, -0.05) is 31.9 Å². The summed E-state index contributed by atoms with van der Waals surface area (Å²) in [6, 6.07) is 8.18. The smallest absolute Gasteiger partial charge is 0.244 e. The summed E-state index contributed by atoms with van der Waals surface area (Å²) in [7, 11) is 0. The summed E-state index contributed by atoms with van der Waals surface area (Å²) >= 11 is 0. The third kappa shape index (κ3) is 3.99. The number of amides is 1. The van der Waals surface area contributed by atoms with Gasteiger partial charge in [0, 0.05) is 18.8 Å². The molecule has 0 aromatic heterocycles. The van der Waals surface area contributed by atoms with E-state index in [9.17, 15) is 4.79 Å². The molecule has 1 aliphatic heterocycles. The summed E-state index contributed by atoms with van der Waals surface area (Å²) in [6.07, 6.45) is 5.81. The lowest BCUT2D eigenvalue weighted by atomic mass is 10.1. The number of rotatable bonds is 4. The number of carbonyl (C=O) groups excluding carboxylic acids is 1. The maximum Gasteiger partial charge on any atom is 0.244 e. The van der Waals surface area contributed by atoms with Crippen molar-refractivity contribution >= 4 is 11.6 Å². The minimum absolute atomic E-state index is 0.153. The van der Waals surface area contributed by atoms with E-state index >= 15 is 0 Å². The van der Waals surface area contributed by atoms with E-state index in [-0.39, 0.29) is 11.9 Å². The van der Waals surface area contributed by atoms with E-state index in [0.29, 0.717) is 0 Å². The first kappa shape index (κ1) is 14.9. The third-order valence-electron chi connectivity index (χ3n) is 4.01. The van der Waals surface area contributed by atoms with Gasteiger partial charge in [-0.25, -0.2) is 0 Å². The highest BCUT2D eigenvalue weighted by Crippen LogP contribution is 2.15. The van der Waals surface area contributed by atoms with Gasteiger partial charge in [-0.05, 0) is 43.9 Å². The molecule has 1 saturated heterocycles. The summed E-state index contributed by atoms with van der Waals surface area (Å²) in [5.74, 6) is 0.230. The Hall–Kier alpha value is -1.51. The zero-order chi connectivity index (χ0) is 14.4. The van der Waals surface area contributed by atoms with Crippen molar-refractivity contribution in [2.45, 2.75) is 52.0 Å². The second-order valence-electron chi connectivity index (χ2n) is 5.66. The van der Waals surface area contributed by atoms with E-state index in [1.807, 2.05) is 24.0 Å². The molecule has 0 spiro atoms. The summed E-state index contributed by atoms with van der Waals surface area (Å²) in [5.41, 5.74) is 2.34. The molecular formula is C17H26N2O. The van der Waals surface area contributed by atoms with E-state index in [0.717, 1.165) is 38.0 Å². The molecule has 1 N–H and O–H groups in total. The zero-order valence-corrected chi connectivity index (χ0v) is 12.7. The second kappa shape index (κ2) is 7.32. The highest BCUT2D eigenvalue weighted by molar-refractivity contribution is 5.84. The molecule has 0 saturated carbocycles. The van der Waals surface area contributed by atoms with Gasteiger partial charge in [0.2, 0.25) is 5.91 Å². The van der Waals surface area contributed by atoms with Crippen LogP contribution in [0.25, 0.3) is 0 Å². The molecule has 3 nitrogen and oxygen atoms in total. The molecular weight excluding hydrogens is 248 g/mol. The Morgan fingerprint density at radius 2 is 1.95 bits per heavy atom. The summed E-state index contributed by atoms with van der Waals surface area (Å²) < 4.78 is 0. The monoisotopic (exact) mass is 274 g/mol. The van der Waals surface area contributed by atoms with Crippen LogP contribution in [0, 0.1) is 0 Å². The first-order valence-corrected chi connectivity index (χ1v) is 7.85. The van der Waals surface area contributed by atoms with Crippen molar-refractivity contribution in [3.63, 3.8) is 0 Å². The molecule has 1 aliphatic rings. The van der Waals surface area contributed by atoms with E-state index in [4.69, 9.17) is 0 Å². The van der Waals surface area contributed by atoms with E-state index < -0.39 is 0 Å². The predicted molar refractivity (Wildman–Crippen MR) is 84.0 cm³/mol. The number of benzene rings is 1. The third-order valence-corrected chi connectivity index (χ3v) is 4.01. The first-order valence-electron chi connectivity index (χ1n) is 7.85. The number of hydrogen-bond acceptors (Lipinski definition) is 2. The first-order chi connectivity index (χ1) is 9.70. The molecule has 110 valence electrons. The molecule has 1 heterocycles. The van der Waals surface area contributed by atoms with Crippen molar-refractivity contribution in [3.05, 3.63) is 29.8 Å². The SMILES string of the molecule is CCc1cccc(NC(C)C(=O)N2CCCCCC2)c1. The number of anilines is 1. The van der Waals surface area contributed by atoms with E-state index in [2.05, 4.69) is 24.4 Å². The van der Waals surface area contributed by atoms with Gasteiger partial charge in [0.15, 0.2) is 0 Å². The largest absolute Gasteiger partial charge is 0.374 e. The van der Waals surface area contributed by atoms with Gasteiger partial charge in [-0.3, -0.25) is 4.79 Å². The summed E-state index contributed by atoms with van der Waals surface area (Å²) in [4.78, 5) is 14.5. The lowest BCUT2D eigenvalue weighted by Crippen LogP contribution is -2.41. The fourth-order valence-electron chi connectivity index (χ4n) is 2.76. The summed E-state index contributed by atoms with van der Waals surface area (Å²) in [5, 5.41) is 3.34. The van der Waals surface area contributed by atoms with Crippen LogP contribution in [0.4, 0.5) is 5.69 Å². The lowest BCUT2D eigenvalue weighted by Gasteiger charge is -2.25. The molecule has 1 aromatic rings. The van der Waals surface area contributed by atoms with Crippen LogP contribution in [0.3, 0.4) is 0 Å². The Labute approximate surface area is 122 Å². The van der Waals surface area contributed by atoms with Crippen molar-refractivity contribution in [1.29, 1.82) is 0 Å². The quantitative estimate of drug-likeness (QED) is 0.912. The van der Waals surface area contributed by atoms with Crippen molar-refractivity contribution < 1.29 is 4.79 Å². The number of nitrogens with one attached hydrogen (secondary N) is 1. The molecule has 1 amide bonds. The molecule has 0 radical (unpaired) electrons. The lowest BCUT2D eigenvalue weighted by molar-refractivity contribution is -0.131. The van der Waals surface area contributed by atoms with Crippen molar-refractivity contribution in [3.8, 4) is 0 Å². The highest BCUT2D eigenvalue weighted by atomic mass is 16.2. The molecule has 0 aliphatic carbocycles. The van der Waals surface area contributed by atoms with Crippen LogP contribution in [0.2, 0.25) is 0 Å². The average Bonchev–Trinajstić information content (AvgIpc) is 2.75. The Bertz CT molecular complexity index is 436. The van der Waals surface area contributed by atoms with E-state index in [1.54, 1.807) is 0 Å². The Balaban J connectivity index is 1.95. The van der Waals surface area contributed by atoms with Gasteiger partial charge in [0.05, 0.1) is 0 Å². The predicted octanol–water partition coefficient (Wildman–Crippen LogP) is 3.45. The molecule has 1 aromatic carbocycles. The summed E-state index contributed by atoms with van der Waals surface area (Å²) in [6.45, 7) is 5.94. The van der Waals surface area contributed by atoms with Gasteiger partial charge < -0.3 is 10.2 Å². The van der Waals surface area contributed by atoms with Gasteiger partial charge in [0.1, 0.15) is 6.04 Å². The van der Waals surface area contributed by atoms with Crippen LogP contribution in [-0.2, 0) is 11.2 Å². The molecule has 1 atom stereocenters. The van der Waals surface area contributed by atoms with Crippen LogP contribution >= 0.6 is 0 Å². The van der Waals surface area contributed by atoms with Gasteiger partial charge in [0.25, 0.3) is 0 Å². The molecule has 3 heteroatoms. The standard InChI is InChI=1S/C17H26N2O/c1-3-15-9-8-10-16(13-15)18-14(2)17(20)19-11-6-4-5-7-12-19/h8-10,13-14,18H,3-7,11-12H2,1-2H3. The normalized spacial score (nSPS) is 17.4. The van der Waals surface area contributed by atoms with Crippen molar-refractivity contribution in [1.82, 2.24) is 4.90 Å². The number of hydrogen-bond donors (Lipinski definition) is 1. The van der Waals surface area contributed by atoms with Gasteiger partial charge >= 0.3 is 0 Å². The molecule has 20 heavy (non-hydrogen) atoms. The maximum absolute atomic E-state index is 12.5. The fourth-order valence-corrected chi connectivity index (χ4v) is 2.76. The molecule has 1 unspecified atom stereocenters. The Morgan fingerprint density at radius 3 is 2.60 bits per heavy atom. The molecule has 2 rings (SSSR count). The number of carbonyl (C=O) groups is 1. The number of nitrogens with zero attached hydrogens (tertiary/aromatic N) is 1. The molecule has 1 fully saturated rings. The Kier molecular flexibility index (Phi) is 5.45. The van der Waals surface area contributed by atoms with Crippen LogP contribution in [0.1, 0.15) is 45.1 Å². The Morgan fingerprint density at radius 1 is 1.25 bits per heavy atom.